The van der Waals surface area contributed by atoms with E-state index in [1.54, 1.807) is 18.4 Å². The van der Waals surface area contributed by atoms with Crippen LogP contribution in [0.2, 0.25) is 0 Å². The molecule has 0 fully saturated rings. The van der Waals surface area contributed by atoms with Crippen LogP contribution in [0, 0.1) is 13.8 Å². The Bertz CT molecular complexity index is 1090. The molecule has 8 nitrogen and oxygen atoms in total. The maximum atomic E-state index is 12.7. The van der Waals surface area contributed by atoms with Crippen LogP contribution >= 0.6 is 0 Å². The number of carbonyl (C=O) groups is 2. The summed E-state index contributed by atoms with van der Waals surface area (Å²) in [6.07, 6.45) is 2.14. The minimum Gasteiger partial charge on any atom is -0.493 e. The van der Waals surface area contributed by atoms with Crippen LogP contribution < -0.4 is 14.2 Å². The molecule has 2 aromatic heterocycles. The van der Waals surface area contributed by atoms with Crippen molar-refractivity contribution in [3.63, 3.8) is 0 Å². The lowest BCUT2D eigenvalue weighted by molar-refractivity contribution is -0.142. The molecule has 0 radical (unpaired) electrons. The Kier molecular flexibility index (Phi) is 7.82. The Morgan fingerprint density at radius 1 is 1.00 bits per heavy atom. The van der Waals surface area contributed by atoms with E-state index in [4.69, 9.17) is 23.4 Å². The lowest BCUT2D eigenvalue weighted by Gasteiger charge is -2.14. The van der Waals surface area contributed by atoms with Gasteiger partial charge in [0, 0.05) is 23.4 Å². The standard InChI is InChI=1S/C25H29NO7/c1-16-11-20(17(2)26(16)14-19-7-6-10-32-19)21(27)15-33-24(28)9-8-18-12-22(29-3)25(31-5)23(13-18)30-4/h6-7,10-13H,8-9,14-15H2,1-5H3. The average Bonchev–Trinajstić information content (AvgIpc) is 3.44. The first-order valence-corrected chi connectivity index (χ1v) is 10.5. The number of ketones is 1. The first kappa shape index (κ1) is 24.0. The minimum absolute atomic E-state index is 0.115. The van der Waals surface area contributed by atoms with Gasteiger partial charge in [-0.05, 0) is 56.2 Å². The van der Waals surface area contributed by atoms with E-state index in [1.807, 2.05) is 36.6 Å². The normalized spacial score (nSPS) is 10.7. The van der Waals surface area contributed by atoms with Gasteiger partial charge in [0.25, 0.3) is 0 Å². The van der Waals surface area contributed by atoms with Gasteiger partial charge in [0.15, 0.2) is 18.1 Å². The van der Waals surface area contributed by atoms with Crippen molar-refractivity contribution < 1.29 is 33.0 Å². The average molecular weight is 456 g/mol. The van der Waals surface area contributed by atoms with Gasteiger partial charge in [-0.1, -0.05) is 0 Å². The van der Waals surface area contributed by atoms with Crippen LogP contribution in [-0.4, -0.2) is 44.3 Å². The second kappa shape index (κ2) is 10.8. The Balaban J connectivity index is 1.58. The van der Waals surface area contributed by atoms with Gasteiger partial charge in [-0.3, -0.25) is 9.59 Å². The lowest BCUT2D eigenvalue weighted by Crippen LogP contribution is -2.15. The van der Waals surface area contributed by atoms with Crippen LogP contribution in [0.25, 0.3) is 0 Å². The molecule has 0 aliphatic rings. The van der Waals surface area contributed by atoms with Crippen molar-refractivity contribution in [1.82, 2.24) is 4.57 Å². The van der Waals surface area contributed by atoms with Crippen LogP contribution in [0.1, 0.15) is 39.5 Å². The van der Waals surface area contributed by atoms with Gasteiger partial charge in [-0.25, -0.2) is 0 Å². The molecule has 0 atom stereocenters. The molecule has 0 N–H and O–H groups in total. The van der Waals surface area contributed by atoms with E-state index < -0.39 is 5.97 Å². The molecule has 33 heavy (non-hydrogen) atoms. The van der Waals surface area contributed by atoms with Gasteiger partial charge in [0.1, 0.15) is 5.76 Å². The van der Waals surface area contributed by atoms with Crippen LogP contribution in [0.15, 0.2) is 41.0 Å². The van der Waals surface area contributed by atoms with Crippen molar-refractivity contribution in [3.8, 4) is 17.2 Å². The second-order valence-electron chi connectivity index (χ2n) is 7.57. The van der Waals surface area contributed by atoms with Gasteiger partial charge in [0.05, 0.1) is 34.1 Å². The third-order valence-electron chi connectivity index (χ3n) is 5.47. The van der Waals surface area contributed by atoms with Crippen molar-refractivity contribution in [2.75, 3.05) is 27.9 Å². The third kappa shape index (κ3) is 5.58. The van der Waals surface area contributed by atoms with E-state index in [0.717, 1.165) is 22.7 Å². The fourth-order valence-corrected chi connectivity index (χ4v) is 3.71. The second-order valence-corrected chi connectivity index (χ2v) is 7.57. The fraction of sp³-hybridized carbons (Fsp3) is 0.360. The number of carbonyl (C=O) groups excluding carboxylic acids is 2. The molecule has 3 aromatic rings. The summed E-state index contributed by atoms with van der Waals surface area (Å²) in [4.78, 5) is 25.0. The predicted octanol–water partition coefficient (Wildman–Crippen LogP) is 4.13. The summed E-state index contributed by atoms with van der Waals surface area (Å²) in [5.41, 5.74) is 3.11. The summed E-state index contributed by atoms with van der Waals surface area (Å²) in [5, 5.41) is 0. The van der Waals surface area contributed by atoms with Crippen LogP contribution in [-0.2, 0) is 22.5 Å². The lowest BCUT2D eigenvalue weighted by atomic mass is 10.1. The molecule has 0 aliphatic carbocycles. The number of nitrogens with zero attached hydrogens (tertiary/aromatic N) is 1. The van der Waals surface area contributed by atoms with Crippen LogP contribution in [0.3, 0.4) is 0 Å². The van der Waals surface area contributed by atoms with E-state index in [1.165, 1.54) is 21.3 Å². The van der Waals surface area contributed by atoms with Crippen molar-refractivity contribution in [2.45, 2.75) is 33.2 Å². The summed E-state index contributed by atoms with van der Waals surface area (Å²) in [6, 6.07) is 9.09. The summed E-state index contributed by atoms with van der Waals surface area (Å²) in [7, 11) is 4.60. The first-order chi connectivity index (χ1) is 15.9. The topological polar surface area (TPSA) is 89.1 Å². The Morgan fingerprint density at radius 2 is 1.70 bits per heavy atom. The number of ether oxygens (including phenoxy) is 4. The summed E-state index contributed by atoms with van der Waals surface area (Å²) in [6.45, 7) is 4.03. The van der Waals surface area contributed by atoms with E-state index in [0.29, 0.717) is 35.8 Å². The largest absolute Gasteiger partial charge is 0.493 e. The van der Waals surface area contributed by atoms with E-state index in [-0.39, 0.29) is 18.8 Å². The monoisotopic (exact) mass is 455 g/mol. The molecular formula is C25H29NO7. The van der Waals surface area contributed by atoms with E-state index >= 15 is 0 Å². The Hall–Kier alpha value is -3.68. The highest BCUT2D eigenvalue weighted by Gasteiger charge is 2.19. The molecule has 2 heterocycles. The predicted molar refractivity (Wildman–Crippen MR) is 121 cm³/mol. The molecular weight excluding hydrogens is 426 g/mol. The Morgan fingerprint density at radius 3 is 2.27 bits per heavy atom. The molecule has 0 saturated carbocycles. The molecule has 0 aliphatic heterocycles. The van der Waals surface area contributed by atoms with Crippen molar-refractivity contribution >= 4 is 11.8 Å². The van der Waals surface area contributed by atoms with Gasteiger partial charge in [-0.2, -0.15) is 0 Å². The molecule has 0 saturated heterocycles. The smallest absolute Gasteiger partial charge is 0.306 e. The molecule has 0 unspecified atom stereocenters. The van der Waals surface area contributed by atoms with E-state index in [2.05, 4.69) is 0 Å². The number of esters is 1. The first-order valence-electron chi connectivity index (χ1n) is 10.5. The zero-order valence-corrected chi connectivity index (χ0v) is 19.6. The zero-order valence-electron chi connectivity index (χ0n) is 19.6. The SMILES string of the molecule is COc1cc(CCC(=O)OCC(=O)c2cc(C)n(Cc3ccco3)c2C)cc(OC)c1OC. The molecule has 0 spiro atoms. The number of methoxy groups -OCH3 is 3. The number of hydrogen-bond acceptors (Lipinski definition) is 7. The quantitative estimate of drug-likeness (QED) is 0.317. The van der Waals surface area contributed by atoms with Crippen LogP contribution in [0.5, 0.6) is 17.2 Å². The third-order valence-corrected chi connectivity index (χ3v) is 5.47. The number of rotatable bonds is 11. The van der Waals surface area contributed by atoms with Crippen molar-refractivity contribution in [3.05, 3.63) is 64.9 Å². The van der Waals surface area contributed by atoms with Crippen molar-refractivity contribution in [2.24, 2.45) is 0 Å². The van der Waals surface area contributed by atoms with E-state index in [9.17, 15) is 9.59 Å². The maximum Gasteiger partial charge on any atom is 0.306 e. The summed E-state index contributed by atoms with van der Waals surface area (Å²) in [5.74, 6) is 1.62. The van der Waals surface area contributed by atoms with Crippen molar-refractivity contribution in [1.29, 1.82) is 0 Å². The molecule has 8 heteroatoms. The highest BCUT2D eigenvalue weighted by Crippen LogP contribution is 2.38. The van der Waals surface area contributed by atoms with Crippen LogP contribution in [0.4, 0.5) is 0 Å². The number of hydrogen-bond donors (Lipinski definition) is 0. The highest BCUT2D eigenvalue weighted by atomic mass is 16.5. The fourth-order valence-electron chi connectivity index (χ4n) is 3.71. The van der Waals surface area contributed by atoms with Gasteiger partial charge in [-0.15, -0.1) is 0 Å². The zero-order chi connectivity index (χ0) is 24.0. The number of aryl methyl sites for hydroxylation is 2. The van der Waals surface area contributed by atoms with Gasteiger partial charge >= 0.3 is 5.97 Å². The summed E-state index contributed by atoms with van der Waals surface area (Å²) >= 11 is 0. The molecule has 0 bridgehead atoms. The number of Topliss-reactive ketones (excluding diaryl/α,β-unsaturated/α-hetero) is 1. The number of furan rings is 1. The highest BCUT2D eigenvalue weighted by molar-refractivity contribution is 5.99. The molecule has 1 aromatic carbocycles. The van der Waals surface area contributed by atoms with Gasteiger partial charge < -0.3 is 27.9 Å². The minimum atomic E-state index is -0.457. The Labute approximate surface area is 193 Å². The summed E-state index contributed by atoms with van der Waals surface area (Å²) < 4.78 is 28.6. The number of benzene rings is 1. The molecule has 0 amide bonds. The number of aromatic nitrogens is 1. The van der Waals surface area contributed by atoms with Gasteiger partial charge in [0.2, 0.25) is 11.5 Å². The molecule has 176 valence electrons. The molecule has 3 rings (SSSR count). The maximum absolute atomic E-state index is 12.7.